The third kappa shape index (κ3) is 4.43. The van der Waals surface area contributed by atoms with Gasteiger partial charge in [-0.05, 0) is 77.3 Å². The zero-order valence-corrected chi connectivity index (χ0v) is 19.4. The molecule has 4 nitrogen and oxygen atoms in total. The van der Waals surface area contributed by atoms with Gasteiger partial charge in [0.15, 0.2) is 5.78 Å². The first-order valence-electron chi connectivity index (χ1n) is 10.3. The summed E-state index contributed by atoms with van der Waals surface area (Å²) >= 11 is 3.53. The van der Waals surface area contributed by atoms with Crippen LogP contribution in [0.5, 0.6) is 5.75 Å². The van der Waals surface area contributed by atoms with Crippen molar-refractivity contribution in [2.24, 2.45) is 0 Å². The molecular weight excluding hydrogens is 466 g/mol. The summed E-state index contributed by atoms with van der Waals surface area (Å²) in [6.07, 6.45) is 3.75. The summed E-state index contributed by atoms with van der Waals surface area (Å²) in [6, 6.07) is 22.7. The summed E-state index contributed by atoms with van der Waals surface area (Å²) in [7, 11) is 0. The first-order chi connectivity index (χ1) is 15.5. The van der Waals surface area contributed by atoms with Crippen molar-refractivity contribution in [1.82, 2.24) is 0 Å². The molecule has 0 atom stereocenters. The molecule has 0 unspecified atom stereocenters. The third-order valence-corrected chi connectivity index (χ3v) is 5.76. The number of benzene rings is 3. The highest BCUT2D eigenvalue weighted by molar-refractivity contribution is 9.10. The smallest absolute Gasteiger partial charge is 0.262 e. The van der Waals surface area contributed by atoms with E-state index in [1.807, 2.05) is 73.7 Å². The average molecular weight is 488 g/mol. The first kappa shape index (κ1) is 21.8. The van der Waals surface area contributed by atoms with Crippen LogP contribution in [0, 0.1) is 0 Å². The number of ether oxygens (including phenoxy) is 1. The summed E-state index contributed by atoms with van der Waals surface area (Å²) in [5, 5.41) is 0. The Morgan fingerprint density at radius 2 is 1.81 bits per heavy atom. The Hall–Kier alpha value is -3.44. The quantitative estimate of drug-likeness (QED) is 0.293. The highest BCUT2D eigenvalue weighted by atomic mass is 79.9. The Balaban J connectivity index is 1.79. The van der Waals surface area contributed by atoms with Crippen molar-refractivity contribution in [3.05, 3.63) is 106 Å². The molecule has 0 aromatic heterocycles. The fourth-order valence-corrected chi connectivity index (χ4v) is 4.13. The topological polar surface area (TPSA) is 46.6 Å². The minimum atomic E-state index is -0.144. The average Bonchev–Trinajstić information content (AvgIpc) is 3.12. The lowest BCUT2D eigenvalue weighted by molar-refractivity contribution is -0.113. The van der Waals surface area contributed by atoms with E-state index in [0.29, 0.717) is 23.4 Å². The molecular formula is C27H22BrNO3. The van der Waals surface area contributed by atoms with Gasteiger partial charge in [-0.3, -0.25) is 14.5 Å². The molecule has 0 saturated heterocycles. The zero-order valence-electron chi connectivity index (χ0n) is 17.8. The van der Waals surface area contributed by atoms with Crippen LogP contribution in [0.25, 0.3) is 11.8 Å². The second-order valence-corrected chi connectivity index (χ2v) is 8.22. The summed E-state index contributed by atoms with van der Waals surface area (Å²) < 4.78 is 6.41. The normalized spacial score (nSPS) is 14.6. The van der Waals surface area contributed by atoms with E-state index in [0.717, 1.165) is 27.0 Å². The van der Waals surface area contributed by atoms with Crippen LogP contribution < -0.4 is 9.64 Å². The second kappa shape index (κ2) is 9.37. The monoisotopic (exact) mass is 487 g/mol. The molecule has 1 aliphatic rings. The van der Waals surface area contributed by atoms with E-state index < -0.39 is 0 Å². The molecule has 0 spiro atoms. The van der Waals surface area contributed by atoms with E-state index in [9.17, 15) is 9.59 Å². The van der Waals surface area contributed by atoms with Gasteiger partial charge in [-0.2, -0.15) is 0 Å². The van der Waals surface area contributed by atoms with Crippen molar-refractivity contribution in [3.63, 3.8) is 0 Å². The molecule has 3 aromatic rings. The molecule has 0 saturated carbocycles. The largest absolute Gasteiger partial charge is 0.493 e. The second-order valence-electron chi connectivity index (χ2n) is 7.37. The van der Waals surface area contributed by atoms with Crippen LogP contribution in [0.3, 0.4) is 0 Å². The van der Waals surface area contributed by atoms with Crippen LogP contribution in [0.15, 0.2) is 88.9 Å². The minimum Gasteiger partial charge on any atom is -0.493 e. The van der Waals surface area contributed by atoms with E-state index in [1.165, 1.54) is 6.92 Å². The van der Waals surface area contributed by atoms with Gasteiger partial charge in [-0.15, -0.1) is 0 Å². The molecule has 1 heterocycles. The standard InChI is InChI=1S/C27H22BrNO3/c1-3-32-26-13-12-19(15-24(26)28)14-22-17-25(20-8-5-4-6-9-20)29(27(22)31)23-11-7-10-21(16-23)18(2)30/h4-17H,3H2,1-2H3/b22-14+. The van der Waals surface area contributed by atoms with Gasteiger partial charge >= 0.3 is 0 Å². The van der Waals surface area contributed by atoms with Crippen molar-refractivity contribution < 1.29 is 14.3 Å². The number of halogens is 1. The van der Waals surface area contributed by atoms with Gasteiger partial charge in [0.05, 0.1) is 16.8 Å². The van der Waals surface area contributed by atoms with Crippen molar-refractivity contribution in [2.45, 2.75) is 13.8 Å². The van der Waals surface area contributed by atoms with Crippen molar-refractivity contribution in [1.29, 1.82) is 0 Å². The Morgan fingerprint density at radius 1 is 1.03 bits per heavy atom. The highest BCUT2D eigenvalue weighted by Crippen LogP contribution is 2.36. The lowest BCUT2D eigenvalue weighted by atomic mass is 10.1. The maximum atomic E-state index is 13.5. The van der Waals surface area contributed by atoms with Crippen LogP contribution in [0.2, 0.25) is 0 Å². The third-order valence-electron chi connectivity index (χ3n) is 5.14. The van der Waals surface area contributed by atoms with E-state index in [-0.39, 0.29) is 11.7 Å². The van der Waals surface area contributed by atoms with Gasteiger partial charge in [0, 0.05) is 16.8 Å². The number of carbonyl (C=O) groups is 2. The van der Waals surface area contributed by atoms with Crippen molar-refractivity contribution in [2.75, 3.05) is 11.5 Å². The Bertz CT molecular complexity index is 1240. The number of anilines is 1. The number of nitrogens with zero attached hydrogens (tertiary/aromatic N) is 1. The number of rotatable bonds is 6. The van der Waals surface area contributed by atoms with Crippen LogP contribution >= 0.6 is 15.9 Å². The molecule has 0 radical (unpaired) electrons. The molecule has 1 amide bonds. The molecule has 4 rings (SSSR count). The predicted octanol–water partition coefficient (Wildman–Crippen LogP) is 6.52. The maximum absolute atomic E-state index is 13.5. The number of hydrogen-bond donors (Lipinski definition) is 0. The Kier molecular flexibility index (Phi) is 6.37. The lowest BCUT2D eigenvalue weighted by Crippen LogP contribution is -2.25. The van der Waals surface area contributed by atoms with E-state index in [2.05, 4.69) is 15.9 Å². The first-order valence-corrected chi connectivity index (χ1v) is 11.1. The summed E-state index contributed by atoms with van der Waals surface area (Å²) in [4.78, 5) is 27.1. The summed E-state index contributed by atoms with van der Waals surface area (Å²) in [5.41, 5.74) is 4.36. The van der Waals surface area contributed by atoms with Gasteiger partial charge in [-0.1, -0.05) is 48.5 Å². The van der Waals surface area contributed by atoms with Gasteiger partial charge in [0.25, 0.3) is 5.91 Å². The SMILES string of the molecule is CCOc1ccc(/C=C2\C=C(c3ccccc3)N(c3cccc(C(C)=O)c3)C2=O)cc1Br. The number of Topliss-reactive ketones (excluding diaryl/α,β-unsaturated/α-hetero) is 1. The molecule has 0 bridgehead atoms. The van der Waals surface area contributed by atoms with Gasteiger partial charge in [0.1, 0.15) is 5.75 Å². The van der Waals surface area contributed by atoms with Crippen molar-refractivity contribution >= 4 is 45.1 Å². The van der Waals surface area contributed by atoms with Gasteiger partial charge in [0.2, 0.25) is 0 Å². The fourth-order valence-electron chi connectivity index (χ4n) is 3.62. The number of ketones is 1. The van der Waals surface area contributed by atoms with Gasteiger partial charge < -0.3 is 4.74 Å². The molecule has 5 heteroatoms. The molecule has 160 valence electrons. The molecule has 32 heavy (non-hydrogen) atoms. The molecule has 1 aliphatic heterocycles. The minimum absolute atomic E-state index is 0.0428. The van der Waals surface area contributed by atoms with E-state index in [4.69, 9.17) is 4.74 Å². The lowest BCUT2D eigenvalue weighted by Gasteiger charge is -2.21. The van der Waals surface area contributed by atoms with Crippen molar-refractivity contribution in [3.8, 4) is 5.75 Å². The fraction of sp³-hybridized carbons (Fsp3) is 0.111. The summed E-state index contributed by atoms with van der Waals surface area (Å²) in [6.45, 7) is 4.04. The number of hydrogen-bond acceptors (Lipinski definition) is 3. The Labute approximate surface area is 196 Å². The predicted molar refractivity (Wildman–Crippen MR) is 132 cm³/mol. The highest BCUT2D eigenvalue weighted by Gasteiger charge is 2.30. The summed E-state index contributed by atoms with van der Waals surface area (Å²) in [5.74, 6) is 0.573. The van der Waals surface area contributed by atoms with E-state index in [1.54, 1.807) is 23.1 Å². The molecule has 0 N–H and O–H groups in total. The molecule has 0 aliphatic carbocycles. The zero-order chi connectivity index (χ0) is 22.7. The van der Waals surface area contributed by atoms with Gasteiger partial charge in [-0.25, -0.2) is 0 Å². The number of carbonyl (C=O) groups excluding carboxylic acids is 2. The Morgan fingerprint density at radius 3 is 2.50 bits per heavy atom. The van der Waals surface area contributed by atoms with Crippen LogP contribution in [0.4, 0.5) is 5.69 Å². The molecule has 3 aromatic carbocycles. The van der Waals surface area contributed by atoms with Crippen LogP contribution in [-0.4, -0.2) is 18.3 Å². The maximum Gasteiger partial charge on any atom is 0.262 e. The van der Waals surface area contributed by atoms with Crippen LogP contribution in [0.1, 0.15) is 35.3 Å². The number of amides is 1. The van der Waals surface area contributed by atoms with E-state index >= 15 is 0 Å². The van der Waals surface area contributed by atoms with Crippen LogP contribution in [-0.2, 0) is 4.79 Å². The molecule has 0 fully saturated rings.